The van der Waals surface area contributed by atoms with Gasteiger partial charge in [-0.1, -0.05) is 13.8 Å². The molecule has 0 amide bonds. The summed E-state index contributed by atoms with van der Waals surface area (Å²) < 4.78 is 4.93. The third kappa shape index (κ3) is 3.59. The quantitative estimate of drug-likeness (QED) is 0.558. The number of nitro groups is 1. The summed E-state index contributed by atoms with van der Waals surface area (Å²) in [6.07, 6.45) is 0.813. The van der Waals surface area contributed by atoms with E-state index >= 15 is 0 Å². The Morgan fingerprint density at radius 3 is 2.52 bits per heavy atom. The SMILES string of the molecule is CCC(CC)(CNc1nc(OC)ccc1[N+](=O)[O-])C(=O)O. The minimum atomic E-state index is -0.987. The Balaban J connectivity index is 3.06. The zero-order valence-corrected chi connectivity index (χ0v) is 12.3. The summed E-state index contributed by atoms with van der Waals surface area (Å²) >= 11 is 0. The number of hydrogen-bond acceptors (Lipinski definition) is 6. The molecule has 0 unspecified atom stereocenters. The van der Waals surface area contributed by atoms with E-state index in [1.165, 1.54) is 19.2 Å². The molecule has 1 rings (SSSR count). The maximum Gasteiger partial charge on any atom is 0.311 e. The van der Waals surface area contributed by atoms with E-state index in [4.69, 9.17) is 4.74 Å². The number of rotatable bonds is 8. The molecule has 0 fully saturated rings. The molecule has 8 nitrogen and oxygen atoms in total. The number of aromatic nitrogens is 1. The van der Waals surface area contributed by atoms with Gasteiger partial charge in [-0.15, -0.1) is 0 Å². The van der Waals surface area contributed by atoms with Gasteiger partial charge in [0.25, 0.3) is 0 Å². The summed E-state index contributed by atoms with van der Waals surface area (Å²) in [5.41, 5.74) is -1.21. The number of nitrogens with one attached hydrogen (secondary N) is 1. The highest BCUT2D eigenvalue weighted by atomic mass is 16.6. The van der Waals surface area contributed by atoms with E-state index in [1.807, 2.05) is 0 Å². The summed E-state index contributed by atoms with van der Waals surface area (Å²) in [6, 6.07) is 2.65. The first-order valence-corrected chi connectivity index (χ1v) is 6.57. The monoisotopic (exact) mass is 297 g/mol. The van der Waals surface area contributed by atoms with Crippen LogP contribution in [0, 0.1) is 15.5 Å². The van der Waals surface area contributed by atoms with E-state index in [2.05, 4.69) is 10.3 Å². The Morgan fingerprint density at radius 1 is 1.48 bits per heavy atom. The van der Waals surface area contributed by atoms with Crippen LogP contribution in [0.2, 0.25) is 0 Å². The summed E-state index contributed by atoms with van der Waals surface area (Å²) in [5, 5.41) is 23.1. The molecular weight excluding hydrogens is 278 g/mol. The molecule has 2 N–H and O–H groups in total. The van der Waals surface area contributed by atoms with Crippen LogP contribution in [0.4, 0.5) is 11.5 Å². The normalized spacial score (nSPS) is 11.0. The number of ether oxygens (including phenoxy) is 1. The number of aliphatic carboxylic acids is 1. The van der Waals surface area contributed by atoms with E-state index < -0.39 is 16.3 Å². The highest BCUT2D eigenvalue weighted by molar-refractivity contribution is 5.75. The van der Waals surface area contributed by atoms with Gasteiger partial charge in [0, 0.05) is 18.7 Å². The first-order valence-electron chi connectivity index (χ1n) is 6.57. The molecule has 116 valence electrons. The number of anilines is 1. The summed E-state index contributed by atoms with van der Waals surface area (Å²) in [6.45, 7) is 3.59. The van der Waals surface area contributed by atoms with Crippen LogP contribution in [0.15, 0.2) is 12.1 Å². The van der Waals surface area contributed by atoms with Crippen molar-refractivity contribution < 1.29 is 19.6 Å². The lowest BCUT2D eigenvalue weighted by Gasteiger charge is -2.27. The number of carboxylic acid groups (broad SMARTS) is 1. The van der Waals surface area contributed by atoms with Crippen molar-refractivity contribution in [2.75, 3.05) is 19.0 Å². The number of hydrogen-bond donors (Lipinski definition) is 2. The topological polar surface area (TPSA) is 115 Å². The largest absolute Gasteiger partial charge is 0.481 e. The van der Waals surface area contributed by atoms with Gasteiger partial charge in [-0.3, -0.25) is 14.9 Å². The molecule has 8 heteroatoms. The molecule has 1 heterocycles. The van der Waals surface area contributed by atoms with E-state index in [0.717, 1.165) is 0 Å². The predicted molar refractivity (Wildman–Crippen MR) is 76.6 cm³/mol. The minimum Gasteiger partial charge on any atom is -0.481 e. The van der Waals surface area contributed by atoms with Gasteiger partial charge in [0.05, 0.1) is 17.4 Å². The van der Waals surface area contributed by atoms with E-state index in [0.29, 0.717) is 12.8 Å². The number of carboxylic acids is 1. The van der Waals surface area contributed by atoms with Crippen molar-refractivity contribution in [1.82, 2.24) is 4.98 Å². The maximum atomic E-state index is 11.4. The molecule has 0 aliphatic rings. The van der Waals surface area contributed by atoms with Gasteiger partial charge in [0.15, 0.2) is 0 Å². The van der Waals surface area contributed by atoms with Gasteiger partial charge in [0.2, 0.25) is 11.7 Å². The molecule has 0 bridgehead atoms. The standard InChI is InChI=1S/C13H19N3O5/c1-4-13(5-2,12(17)18)8-14-11-9(16(19)20)6-7-10(15-11)21-3/h6-7H,4-5,8H2,1-3H3,(H,14,15)(H,17,18). The van der Waals surface area contributed by atoms with Crippen LogP contribution in [0.5, 0.6) is 5.88 Å². The van der Waals surface area contributed by atoms with Gasteiger partial charge in [-0.2, -0.15) is 4.98 Å². The molecule has 0 aromatic carbocycles. The lowest BCUT2D eigenvalue weighted by Crippen LogP contribution is -2.37. The first-order chi connectivity index (χ1) is 9.90. The van der Waals surface area contributed by atoms with Gasteiger partial charge in [0.1, 0.15) is 0 Å². The highest BCUT2D eigenvalue weighted by Crippen LogP contribution is 2.30. The maximum absolute atomic E-state index is 11.4. The third-order valence-electron chi connectivity index (χ3n) is 3.66. The van der Waals surface area contributed by atoms with Crippen molar-refractivity contribution in [2.45, 2.75) is 26.7 Å². The Bertz CT molecular complexity index is 529. The van der Waals surface area contributed by atoms with Crippen molar-refractivity contribution in [3.8, 4) is 5.88 Å². The van der Waals surface area contributed by atoms with Crippen molar-refractivity contribution in [2.24, 2.45) is 5.41 Å². The van der Waals surface area contributed by atoms with Gasteiger partial charge < -0.3 is 15.2 Å². The Morgan fingerprint density at radius 2 is 2.10 bits per heavy atom. The third-order valence-corrected chi connectivity index (χ3v) is 3.66. The highest BCUT2D eigenvalue weighted by Gasteiger charge is 2.35. The van der Waals surface area contributed by atoms with Crippen molar-refractivity contribution >= 4 is 17.5 Å². The van der Waals surface area contributed by atoms with Crippen LogP contribution in [-0.4, -0.2) is 34.6 Å². The molecule has 0 atom stereocenters. The average Bonchev–Trinajstić information content (AvgIpc) is 2.48. The van der Waals surface area contributed by atoms with E-state index in [1.54, 1.807) is 13.8 Å². The Hall–Kier alpha value is -2.38. The number of methoxy groups -OCH3 is 1. The number of pyridine rings is 1. The van der Waals surface area contributed by atoms with E-state index in [-0.39, 0.29) is 23.9 Å². The first kappa shape index (κ1) is 16.7. The molecule has 0 radical (unpaired) electrons. The second-order valence-corrected chi connectivity index (χ2v) is 4.62. The summed E-state index contributed by atoms with van der Waals surface area (Å²) in [5.74, 6) is -0.713. The number of carbonyl (C=O) groups is 1. The van der Waals surface area contributed by atoms with Gasteiger partial charge in [-0.25, -0.2) is 0 Å². The molecule has 0 aliphatic carbocycles. The molecule has 21 heavy (non-hydrogen) atoms. The molecule has 0 saturated heterocycles. The molecule has 1 aromatic rings. The fourth-order valence-electron chi connectivity index (χ4n) is 1.96. The smallest absolute Gasteiger partial charge is 0.311 e. The lowest BCUT2D eigenvalue weighted by molar-refractivity contribution is -0.384. The van der Waals surface area contributed by atoms with Gasteiger partial charge >= 0.3 is 11.7 Å². The van der Waals surface area contributed by atoms with Crippen molar-refractivity contribution in [3.63, 3.8) is 0 Å². The second-order valence-electron chi connectivity index (χ2n) is 4.62. The fourth-order valence-corrected chi connectivity index (χ4v) is 1.96. The van der Waals surface area contributed by atoms with Crippen LogP contribution >= 0.6 is 0 Å². The molecule has 1 aromatic heterocycles. The fraction of sp³-hybridized carbons (Fsp3) is 0.538. The zero-order chi connectivity index (χ0) is 16.0. The van der Waals surface area contributed by atoms with Crippen LogP contribution in [-0.2, 0) is 4.79 Å². The molecular formula is C13H19N3O5. The van der Waals surface area contributed by atoms with Crippen LogP contribution in [0.1, 0.15) is 26.7 Å². The van der Waals surface area contributed by atoms with Gasteiger partial charge in [-0.05, 0) is 12.8 Å². The second kappa shape index (κ2) is 6.87. The average molecular weight is 297 g/mol. The zero-order valence-electron chi connectivity index (χ0n) is 12.3. The van der Waals surface area contributed by atoms with Crippen molar-refractivity contribution in [1.29, 1.82) is 0 Å². The van der Waals surface area contributed by atoms with Crippen LogP contribution < -0.4 is 10.1 Å². The molecule has 0 saturated carbocycles. The Labute approximate surface area is 122 Å². The van der Waals surface area contributed by atoms with Crippen LogP contribution in [0.25, 0.3) is 0 Å². The molecule has 0 aliphatic heterocycles. The number of nitrogens with zero attached hydrogens (tertiary/aromatic N) is 2. The molecule has 0 spiro atoms. The summed E-state index contributed by atoms with van der Waals surface area (Å²) in [4.78, 5) is 25.8. The van der Waals surface area contributed by atoms with Crippen molar-refractivity contribution in [3.05, 3.63) is 22.2 Å². The minimum absolute atomic E-state index is 0.00637. The van der Waals surface area contributed by atoms with Crippen LogP contribution in [0.3, 0.4) is 0 Å². The predicted octanol–water partition coefficient (Wildman–Crippen LogP) is 2.30. The van der Waals surface area contributed by atoms with E-state index in [9.17, 15) is 20.0 Å². The Kier molecular flexibility index (Phi) is 5.45. The summed E-state index contributed by atoms with van der Waals surface area (Å²) in [7, 11) is 1.40. The lowest BCUT2D eigenvalue weighted by atomic mass is 9.82.